The van der Waals surface area contributed by atoms with Crippen LogP contribution in [0.15, 0.2) is 29.6 Å². The summed E-state index contributed by atoms with van der Waals surface area (Å²) >= 11 is 1.39. The monoisotopic (exact) mass is 290 g/mol. The molecule has 4 N–H and O–H groups in total. The summed E-state index contributed by atoms with van der Waals surface area (Å²) in [6, 6.07) is 6.82. The molecule has 1 amide bonds. The van der Waals surface area contributed by atoms with E-state index in [2.05, 4.69) is 5.32 Å². The molecule has 0 fully saturated rings. The van der Waals surface area contributed by atoms with E-state index in [0.717, 1.165) is 16.1 Å². The summed E-state index contributed by atoms with van der Waals surface area (Å²) in [5, 5.41) is 13.7. The SMILES string of the molecule is Cc1cc(C(N)=O)ccc1NCc1cc(C(=O)O)cs1. The third kappa shape index (κ3) is 3.16. The summed E-state index contributed by atoms with van der Waals surface area (Å²) in [6.45, 7) is 2.42. The Bertz CT molecular complexity index is 664. The number of primary amides is 1. The van der Waals surface area contributed by atoms with Crippen molar-refractivity contribution in [3.8, 4) is 0 Å². The molecule has 0 saturated carbocycles. The van der Waals surface area contributed by atoms with Crippen LogP contribution in [-0.4, -0.2) is 17.0 Å². The fourth-order valence-corrected chi connectivity index (χ4v) is 2.58. The topological polar surface area (TPSA) is 92.4 Å². The number of amides is 1. The maximum absolute atomic E-state index is 11.1. The Morgan fingerprint density at radius 2 is 2.05 bits per heavy atom. The fourth-order valence-electron chi connectivity index (χ4n) is 1.78. The number of benzene rings is 1. The maximum atomic E-state index is 11.1. The molecule has 0 atom stereocenters. The molecule has 0 unspecified atom stereocenters. The van der Waals surface area contributed by atoms with Gasteiger partial charge >= 0.3 is 5.97 Å². The van der Waals surface area contributed by atoms with Gasteiger partial charge in [-0.2, -0.15) is 0 Å². The van der Waals surface area contributed by atoms with Crippen molar-refractivity contribution >= 4 is 28.9 Å². The van der Waals surface area contributed by atoms with Gasteiger partial charge in [0.1, 0.15) is 0 Å². The second-order valence-corrected chi connectivity index (χ2v) is 5.35. The first-order valence-electron chi connectivity index (χ1n) is 5.92. The number of carbonyl (C=O) groups is 2. The van der Waals surface area contributed by atoms with E-state index in [9.17, 15) is 9.59 Å². The molecule has 0 spiro atoms. The molecule has 0 aliphatic heterocycles. The van der Waals surface area contributed by atoms with Crippen LogP contribution in [0.25, 0.3) is 0 Å². The Labute approximate surface area is 120 Å². The summed E-state index contributed by atoms with van der Waals surface area (Å²) in [5.74, 6) is -1.38. The number of carbonyl (C=O) groups excluding carboxylic acids is 1. The predicted molar refractivity (Wildman–Crippen MR) is 78.3 cm³/mol. The lowest BCUT2D eigenvalue weighted by atomic mass is 10.1. The van der Waals surface area contributed by atoms with Gasteiger partial charge in [-0.3, -0.25) is 4.79 Å². The molecule has 0 bridgehead atoms. The Kier molecular flexibility index (Phi) is 4.05. The van der Waals surface area contributed by atoms with Gasteiger partial charge < -0.3 is 16.2 Å². The molecule has 0 radical (unpaired) electrons. The summed E-state index contributed by atoms with van der Waals surface area (Å²) in [7, 11) is 0. The van der Waals surface area contributed by atoms with Gasteiger partial charge in [0, 0.05) is 28.1 Å². The third-order valence-electron chi connectivity index (χ3n) is 2.86. The number of rotatable bonds is 5. The average molecular weight is 290 g/mol. The minimum absolute atomic E-state index is 0.299. The minimum atomic E-state index is -0.922. The number of nitrogens with two attached hydrogens (primary N) is 1. The van der Waals surface area contributed by atoms with Crippen LogP contribution in [0.3, 0.4) is 0 Å². The molecule has 0 aliphatic carbocycles. The molecule has 0 saturated heterocycles. The van der Waals surface area contributed by atoms with Gasteiger partial charge in [0.15, 0.2) is 0 Å². The summed E-state index contributed by atoms with van der Waals surface area (Å²) < 4.78 is 0. The molecule has 1 aromatic carbocycles. The molecule has 104 valence electrons. The Morgan fingerprint density at radius 1 is 1.30 bits per heavy atom. The normalized spacial score (nSPS) is 10.2. The first-order valence-corrected chi connectivity index (χ1v) is 6.80. The van der Waals surface area contributed by atoms with Crippen LogP contribution in [0.2, 0.25) is 0 Å². The highest BCUT2D eigenvalue weighted by molar-refractivity contribution is 7.10. The van der Waals surface area contributed by atoms with Crippen molar-refractivity contribution < 1.29 is 14.7 Å². The number of hydrogen-bond acceptors (Lipinski definition) is 4. The van der Waals surface area contributed by atoms with Crippen LogP contribution >= 0.6 is 11.3 Å². The standard InChI is InChI=1S/C14H14N2O3S/c1-8-4-9(13(15)17)2-3-12(8)16-6-11-5-10(7-20-11)14(18)19/h2-5,7,16H,6H2,1H3,(H2,15,17)(H,18,19). The van der Waals surface area contributed by atoms with Crippen molar-refractivity contribution in [2.24, 2.45) is 5.73 Å². The third-order valence-corrected chi connectivity index (χ3v) is 3.80. The lowest BCUT2D eigenvalue weighted by Crippen LogP contribution is -2.11. The molecule has 1 heterocycles. The summed E-state index contributed by atoms with van der Waals surface area (Å²) in [5.41, 5.74) is 7.79. The van der Waals surface area contributed by atoms with Gasteiger partial charge in [0.05, 0.1) is 5.56 Å². The van der Waals surface area contributed by atoms with Crippen LogP contribution in [0, 0.1) is 6.92 Å². The van der Waals surface area contributed by atoms with E-state index in [1.807, 2.05) is 6.92 Å². The lowest BCUT2D eigenvalue weighted by molar-refractivity contribution is 0.0697. The van der Waals surface area contributed by atoms with E-state index in [1.54, 1.807) is 29.6 Å². The molecule has 1 aromatic heterocycles. The largest absolute Gasteiger partial charge is 0.478 e. The van der Waals surface area contributed by atoms with Crippen LogP contribution in [0.4, 0.5) is 5.69 Å². The van der Waals surface area contributed by atoms with E-state index >= 15 is 0 Å². The van der Waals surface area contributed by atoms with E-state index in [1.165, 1.54) is 11.3 Å². The molecule has 2 rings (SSSR count). The highest BCUT2D eigenvalue weighted by atomic mass is 32.1. The number of hydrogen-bond donors (Lipinski definition) is 3. The van der Waals surface area contributed by atoms with Crippen molar-refractivity contribution in [1.29, 1.82) is 0 Å². The van der Waals surface area contributed by atoms with Crippen molar-refractivity contribution in [1.82, 2.24) is 0 Å². The van der Waals surface area contributed by atoms with Crippen LogP contribution < -0.4 is 11.1 Å². The van der Waals surface area contributed by atoms with Gasteiger partial charge in [-0.1, -0.05) is 0 Å². The average Bonchev–Trinajstić information content (AvgIpc) is 2.86. The zero-order valence-corrected chi connectivity index (χ0v) is 11.7. The molecule has 20 heavy (non-hydrogen) atoms. The molecule has 6 heteroatoms. The van der Waals surface area contributed by atoms with E-state index in [4.69, 9.17) is 10.8 Å². The summed E-state index contributed by atoms with van der Waals surface area (Å²) in [6.07, 6.45) is 0. The maximum Gasteiger partial charge on any atom is 0.336 e. The van der Waals surface area contributed by atoms with E-state index in [0.29, 0.717) is 17.7 Å². The number of carboxylic acid groups (broad SMARTS) is 1. The Morgan fingerprint density at radius 3 is 2.60 bits per heavy atom. The van der Waals surface area contributed by atoms with Crippen molar-refractivity contribution in [3.05, 3.63) is 51.2 Å². The number of aromatic carboxylic acids is 1. The predicted octanol–water partition coefficient (Wildman–Crippen LogP) is 2.47. The van der Waals surface area contributed by atoms with Gasteiger partial charge in [0.2, 0.25) is 5.91 Å². The number of nitrogens with one attached hydrogen (secondary N) is 1. The zero-order chi connectivity index (χ0) is 14.7. The highest BCUT2D eigenvalue weighted by Crippen LogP contribution is 2.20. The zero-order valence-electron chi connectivity index (χ0n) is 10.8. The lowest BCUT2D eigenvalue weighted by Gasteiger charge is -2.09. The molecule has 2 aromatic rings. The van der Waals surface area contributed by atoms with Gasteiger partial charge in [0.25, 0.3) is 0 Å². The van der Waals surface area contributed by atoms with Crippen molar-refractivity contribution in [2.75, 3.05) is 5.32 Å². The quantitative estimate of drug-likeness (QED) is 0.788. The summed E-state index contributed by atoms with van der Waals surface area (Å²) in [4.78, 5) is 22.8. The van der Waals surface area contributed by atoms with E-state index in [-0.39, 0.29) is 0 Å². The Hall–Kier alpha value is -2.34. The second kappa shape index (κ2) is 5.75. The number of aryl methyl sites for hydroxylation is 1. The van der Waals surface area contributed by atoms with Crippen LogP contribution in [0.1, 0.15) is 31.2 Å². The second-order valence-electron chi connectivity index (χ2n) is 4.35. The molecular formula is C14H14N2O3S. The fraction of sp³-hybridized carbons (Fsp3) is 0.143. The molecule has 5 nitrogen and oxygen atoms in total. The molecule has 0 aliphatic rings. The highest BCUT2D eigenvalue weighted by Gasteiger charge is 2.07. The first-order chi connectivity index (χ1) is 9.47. The minimum Gasteiger partial charge on any atom is -0.478 e. The number of carboxylic acids is 1. The van der Waals surface area contributed by atoms with Gasteiger partial charge in [-0.25, -0.2) is 4.79 Å². The van der Waals surface area contributed by atoms with Crippen LogP contribution in [-0.2, 0) is 6.54 Å². The Balaban J connectivity index is 2.06. The van der Waals surface area contributed by atoms with Crippen LogP contribution in [0.5, 0.6) is 0 Å². The first kappa shape index (κ1) is 14.1. The number of thiophene rings is 1. The number of anilines is 1. The van der Waals surface area contributed by atoms with Gasteiger partial charge in [-0.15, -0.1) is 11.3 Å². The van der Waals surface area contributed by atoms with E-state index < -0.39 is 11.9 Å². The van der Waals surface area contributed by atoms with Gasteiger partial charge in [-0.05, 0) is 36.8 Å². The molecular weight excluding hydrogens is 276 g/mol. The smallest absolute Gasteiger partial charge is 0.336 e. The van der Waals surface area contributed by atoms with Crippen molar-refractivity contribution in [3.63, 3.8) is 0 Å². The van der Waals surface area contributed by atoms with Crippen molar-refractivity contribution in [2.45, 2.75) is 13.5 Å².